The van der Waals surface area contributed by atoms with Crippen molar-refractivity contribution in [3.63, 3.8) is 0 Å². The summed E-state index contributed by atoms with van der Waals surface area (Å²) in [6.07, 6.45) is 0.479. The number of carbonyl (C=O) groups is 1. The first-order valence-electron chi connectivity index (χ1n) is 5.98. The number of halogens is 2. The molecule has 1 amide bonds. The molecule has 1 unspecified atom stereocenters. The van der Waals surface area contributed by atoms with Crippen LogP contribution in [0, 0.1) is 11.6 Å². The van der Waals surface area contributed by atoms with Crippen LogP contribution in [0.1, 0.15) is 23.7 Å². The summed E-state index contributed by atoms with van der Waals surface area (Å²) < 4.78 is 54.2. The van der Waals surface area contributed by atoms with E-state index in [1.165, 1.54) is 7.11 Å². The number of ether oxygens (including phenoxy) is 1. The van der Waals surface area contributed by atoms with E-state index in [0.717, 1.165) is 0 Å². The molecule has 0 aliphatic heterocycles. The predicted octanol–water partition coefficient (Wildman–Crippen LogP) is 0.767. The van der Waals surface area contributed by atoms with Crippen LogP contribution < -0.4 is 10.5 Å². The Morgan fingerprint density at radius 2 is 2.00 bits per heavy atom. The second kappa shape index (κ2) is 6.92. The van der Waals surface area contributed by atoms with Gasteiger partial charge in [-0.3, -0.25) is 4.79 Å². The molecule has 21 heavy (non-hydrogen) atoms. The first-order chi connectivity index (χ1) is 9.66. The highest BCUT2D eigenvalue weighted by Gasteiger charge is 2.22. The largest absolute Gasteiger partial charge is 0.385 e. The number of carbonyl (C=O) groups excluding carboxylic acids is 1. The lowest BCUT2D eigenvalue weighted by atomic mass is 10.1. The smallest absolute Gasteiger partial charge is 0.254 e. The summed E-state index contributed by atoms with van der Waals surface area (Å²) in [5, 5.41) is 7.26. The highest BCUT2D eigenvalue weighted by atomic mass is 32.2. The number of sulfonamides is 1. The summed E-state index contributed by atoms with van der Waals surface area (Å²) in [4.78, 5) is 10.9. The number of hydrogen-bond donors (Lipinski definition) is 2. The van der Waals surface area contributed by atoms with Gasteiger partial charge in [0.25, 0.3) is 5.91 Å². The number of hydrogen-bond acceptors (Lipinski definition) is 4. The molecule has 1 aromatic rings. The molecule has 1 aromatic carbocycles. The summed E-state index contributed by atoms with van der Waals surface area (Å²) in [5.41, 5.74) is -0.593. The van der Waals surface area contributed by atoms with Crippen molar-refractivity contribution in [2.45, 2.75) is 24.3 Å². The average molecular weight is 322 g/mol. The lowest BCUT2D eigenvalue weighted by Gasteiger charge is -2.14. The Balaban J connectivity index is 3.05. The van der Waals surface area contributed by atoms with Gasteiger partial charge in [0.05, 0.1) is 5.56 Å². The number of primary sulfonamides is 1. The summed E-state index contributed by atoms with van der Waals surface area (Å²) >= 11 is 0. The fourth-order valence-electron chi connectivity index (χ4n) is 1.59. The van der Waals surface area contributed by atoms with Crippen LogP contribution in [0.3, 0.4) is 0 Å². The molecule has 0 aliphatic carbocycles. The van der Waals surface area contributed by atoms with Gasteiger partial charge in [-0.2, -0.15) is 0 Å². The zero-order valence-electron chi connectivity index (χ0n) is 11.5. The minimum Gasteiger partial charge on any atom is -0.385 e. The monoisotopic (exact) mass is 322 g/mol. The fourth-order valence-corrected chi connectivity index (χ4v) is 2.20. The molecule has 0 radical (unpaired) electrons. The maximum absolute atomic E-state index is 13.6. The molecule has 1 rings (SSSR count). The van der Waals surface area contributed by atoms with E-state index >= 15 is 0 Å². The Kier molecular flexibility index (Phi) is 5.76. The van der Waals surface area contributed by atoms with Crippen LogP contribution in [-0.2, 0) is 14.8 Å². The van der Waals surface area contributed by atoms with E-state index < -0.39 is 38.0 Å². The maximum Gasteiger partial charge on any atom is 0.254 e. The maximum atomic E-state index is 13.6. The van der Waals surface area contributed by atoms with Gasteiger partial charge in [0.15, 0.2) is 0 Å². The second-order valence-corrected chi connectivity index (χ2v) is 5.99. The first kappa shape index (κ1) is 17.5. The normalized spacial score (nSPS) is 13.0. The van der Waals surface area contributed by atoms with Gasteiger partial charge < -0.3 is 10.1 Å². The standard InChI is InChI=1S/C12H16F2N2O4S/c1-7(3-4-20-2)16-12(17)8-5-11(21(15,18)19)10(14)6-9(8)13/h5-7H,3-4H2,1-2H3,(H,16,17)(H2,15,18,19). The highest BCUT2D eigenvalue weighted by molar-refractivity contribution is 7.89. The lowest BCUT2D eigenvalue weighted by molar-refractivity contribution is 0.0925. The third-order valence-electron chi connectivity index (χ3n) is 2.71. The quantitative estimate of drug-likeness (QED) is 0.808. The fraction of sp³-hybridized carbons (Fsp3) is 0.417. The summed E-state index contributed by atoms with van der Waals surface area (Å²) in [6, 6.07) is 0.562. The van der Waals surface area contributed by atoms with Gasteiger partial charge in [0, 0.05) is 25.8 Å². The van der Waals surface area contributed by atoms with Crippen LogP contribution in [0.25, 0.3) is 0 Å². The molecular formula is C12H16F2N2O4S. The SMILES string of the molecule is COCCC(C)NC(=O)c1cc(S(N)(=O)=O)c(F)cc1F. The van der Waals surface area contributed by atoms with E-state index in [0.29, 0.717) is 25.2 Å². The molecular weight excluding hydrogens is 306 g/mol. The first-order valence-corrected chi connectivity index (χ1v) is 7.53. The van der Waals surface area contributed by atoms with Gasteiger partial charge in [0.2, 0.25) is 10.0 Å². The van der Waals surface area contributed by atoms with Crippen LogP contribution in [-0.4, -0.2) is 34.1 Å². The van der Waals surface area contributed by atoms with Crippen molar-refractivity contribution in [3.05, 3.63) is 29.3 Å². The number of amides is 1. The number of benzene rings is 1. The lowest BCUT2D eigenvalue weighted by Crippen LogP contribution is -2.34. The van der Waals surface area contributed by atoms with Gasteiger partial charge in [-0.25, -0.2) is 22.3 Å². The predicted molar refractivity (Wildman–Crippen MR) is 71.2 cm³/mol. The van der Waals surface area contributed by atoms with Crippen molar-refractivity contribution in [1.29, 1.82) is 0 Å². The Morgan fingerprint density at radius 1 is 1.38 bits per heavy atom. The van der Waals surface area contributed by atoms with E-state index in [9.17, 15) is 22.0 Å². The van der Waals surface area contributed by atoms with Crippen molar-refractivity contribution in [1.82, 2.24) is 5.32 Å². The minimum absolute atomic E-state index is 0.314. The summed E-state index contributed by atoms with van der Waals surface area (Å²) in [5.74, 6) is -3.38. The van der Waals surface area contributed by atoms with Crippen molar-refractivity contribution < 1.29 is 26.7 Å². The Bertz CT molecular complexity index is 634. The van der Waals surface area contributed by atoms with Crippen molar-refractivity contribution in [3.8, 4) is 0 Å². The van der Waals surface area contributed by atoms with Crippen LogP contribution >= 0.6 is 0 Å². The Hall–Kier alpha value is -1.58. The molecule has 0 aromatic heterocycles. The van der Waals surface area contributed by atoms with Crippen LogP contribution in [0.4, 0.5) is 8.78 Å². The molecule has 0 aliphatic rings. The molecule has 0 spiro atoms. The van der Waals surface area contributed by atoms with Gasteiger partial charge in [0.1, 0.15) is 16.5 Å². The van der Waals surface area contributed by atoms with E-state index in [1.807, 2.05) is 0 Å². The number of nitrogens with one attached hydrogen (secondary N) is 1. The molecule has 0 bridgehead atoms. The molecule has 0 fully saturated rings. The third kappa shape index (κ3) is 4.73. The molecule has 118 valence electrons. The average Bonchev–Trinajstić information content (AvgIpc) is 2.34. The van der Waals surface area contributed by atoms with E-state index in [2.05, 4.69) is 5.32 Å². The van der Waals surface area contributed by atoms with E-state index in [4.69, 9.17) is 9.88 Å². The Morgan fingerprint density at radius 3 is 2.52 bits per heavy atom. The molecule has 6 nitrogen and oxygen atoms in total. The van der Waals surface area contributed by atoms with E-state index in [1.54, 1.807) is 6.92 Å². The van der Waals surface area contributed by atoms with Gasteiger partial charge >= 0.3 is 0 Å². The second-order valence-electron chi connectivity index (χ2n) is 4.46. The van der Waals surface area contributed by atoms with Gasteiger partial charge in [-0.05, 0) is 19.4 Å². The van der Waals surface area contributed by atoms with Crippen LogP contribution in [0.2, 0.25) is 0 Å². The highest BCUT2D eigenvalue weighted by Crippen LogP contribution is 2.18. The van der Waals surface area contributed by atoms with E-state index in [-0.39, 0.29) is 6.04 Å². The Labute approximate surface area is 121 Å². The minimum atomic E-state index is -4.39. The molecule has 9 heteroatoms. The molecule has 0 saturated heterocycles. The molecule has 3 N–H and O–H groups in total. The zero-order valence-corrected chi connectivity index (χ0v) is 12.3. The third-order valence-corrected chi connectivity index (χ3v) is 3.63. The molecule has 1 atom stereocenters. The van der Waals surface area contributed by atoms with Crippen LogP contribution in [0.5, 0.6) is 0 Å². The summed E-state index contributed by atoms with van der Waals surface area (Å²) in [7, 11) is -2.90. The van der Waals surface area contributed by atoms with Gasteiger partial charge in [-0.1, -0.05) is 0 Å². The number of nitrogens with two attached hydrogens (primary N) is 1. The summed E-state index contributed by atoms with van der Waals surface area (Å²) in [6.45, 7) is 2.05. The van der Waals surface area contributed by atoms with Crippen molar-refractivity contribution in [2.75, 3.05) is 13.7 Å². The number of methoxy groups -OCH3 is 1. The number of rotatable bonds is 6. The van der Waals surface area contributed by atoms with Gasteiger partial charge in [-0.15, -0.1) is 0 Å². The van der Waals surface area contributed by atoms with Crippen molar-refractivity contribution >= 4 is 15.9 Å². The van der Waals surface area contributed by atoms with Crippen molar-refractivity contribution in [2.24, 2.45) is 5.14 Å². The topological polar surface area (TPSA) is 98.5 Å². The van der Waals surface area contributed by atoms with Crippen LogP contribution in [0.15, 0.2) is 17.0 Å². The zero-order chi connectivity index (χ0) is 16.2. The molecule has 0 saturated carbocycles. The molecule has 0 heterocycles.